The van der Waals surface area contributed by atoms with E-state index in [1.54, 1.807) is 12.1 Å². The molecule has 2 unspecified atom stereocenters. The van der Waals surface area contributed by atoms with Crippen LogP contribution in [0, 0.1) is 5.92 Å². The summed E-state index contributed by atoms with van der Waals surface area (Å²) in [6.45, 7) is 4.29. The number of ketones is 1. The molecular formula is C30H42N2O8S. The maximum Gasteiger partial charge on any atom is 0.407 e. The van der Waals surface area contributed by atoms with Crippen LogP contribution >= 0.6 is 0 Å². The van der Waals surface area contributed by atoms with Crippen LogP contribution in [0.3, 0.4) is 0 Å². The lowest BCUT2D eigenvalue weighted by Gasteiger charge is -2.33. The Bertz CT molecular complexity index is 1200. The van der Waals surface area contributed by atoms with Gasteiger partial charge in [-0.2, -0.15) is 0 Å². The number of benzene rings is 2. The van der Waals surface area contributed by atoms with Crippen molar-refractivity contribution in [3.63, 3.8) is 0 Å². The van der Waals surface area contributed by atoms with Crippen molar-refractivity contribution >= 4 is 21.9 Å². The number of ether oxygens (including phenoxy) is 3. The second-order valence-electron chi connectivity index (χ2n) is 10.5. The molecule has 1 aliphatic heterocycles. The van der Waals surface area contributed by atoms with E-state index in [1.807, 2.05) is 37.3 Å². The van der Waals surface area contributed by atoms with Gasteiger partial charge in [-0.15, -0.1) is 0 Å². The number of sulfonamides is 1. The third-order valence-electron chi connectivity index (χ3n) is 7.33. The molecule has 1 heterocycles. The van der Waals surface area contributed by atoms with Crippen molar-refractivity contribution in [2.75, 3.05) is 20.3 Å². The molecule has 1 saturated heterocycles. The molecule has 2 aromatic rings. The number of aliphatic hydroxyl groups is 1. The molecule has 226 valence electrons. The van der Waals surface area contributed by atoms with Crippen molar-refractivity contribution in [2.45, 2.75) is 81.6 Å². The molecule has 0 radical (unpaired) electrons. The number of amides is 1. The van der Waals surface area contributed by atoms with Crippen molar-refractivity contribution in [3.05, 3.63) is 60.2 Å². The molecule has 0 aliphatic carbocycles. The van der Waals surface area contributed by atoms with E-state index in [4.69, 9.17) is 14.2 Å². The average molecular weight is 591 g/mol. The van der Waals surface area contributed by atoms with Crippen LogP contribution in [0.15, 0.2) is 59.5 Å². The molecule has 0 bridgehead atoms. The molecular weight excluding hydrogens is 548 g/mol. The highest BCUT2D eigenvalue weighted by atomic mass is 32.2. The number of aliphatic hydroxyl groups excluding tert-OH is 1. The summed E-state index contributed by atoms with van der Waals surface area (Å²) in [6, 6.07) is 13.4. The first kappa shape index (κ1) is 32.5. The first-order chi connectivity index (χ1) is 19.6. The predicted octanol–water partition coefficient (Wildman–Crippen LogP) is 3.61. The summed E-state index contributed by atoms with van der Waals surface area (Å²) >= 11 is 0. The van der Waals surface area contributed by atoms with Crippen molar-refractivity contribution in [3.8, 4) is 5.75 Å². The zero-order valence-corrected chi connectivity index (χ0v) is 24.8. The van der Waals surface area contributed by atoms with Gasteiger partial charge in [0, 0.05) is 12.8 Å². The lowest BCUT2D eigenvalue weighted by Crippen LogP contribution is -2.55. The number of carbonyl (C=O) groups excluding carboxylic acids is 2. The second-order valence-corrected chi connectivity index (χ2v) is 12.2. The minimum atomic E-state index is -4.06. The molecule has 5 atom stereocenters. The Balaban J connectivity index is 1.89. The zero-order valence-electron chi connectivity index (χ0n) is 24.0. The molecule has 11 heteroatoms. The van der Waals surface area contributed by atoms with Crippen LogP contribution in [-0.4, -0.2) is 70.0 Å². The molecule has 1 amide bonds. The zero-order chi connectivity index (χ0) is 29.8. The van der Waals surface area contributed by atoms with E-state index in [0.29, 0.717) is 44.6 Å². The Kier molecular flexibility index (Phi) is 12.6. The summed E-state index contributed by atoms with van der Waals surface area (Å²) in [7, 11) is -2.57. The van der Waals surface area contributed by atoms with Gasteiger partial charge in [-0.1, -0.05) is 43.7 Å². The SMILES string of the molecule is CCC(CCC(C)=O)CC(NS(=O)(=O)c1ccc(OC)cc1)[C@H](O)[C@H](Cc1ccccc1)NC(=O)O[C@H]1CCOC1. The van der Waals surface area contributed by atoms with Gasteiger partial charge < -0.3 is 29.4 Å². The van der Waals surface area contributed by atoms with Crippen molar-refractivity contribution in [1.82, 2.24) is 10.0 Å². The number of hydrogen-bond donors (Lipinski definition) is 3. The molecule has 10 nitrogen and oxygen atoms in total. The van der Waals surface area contributed by atoms with Gasteiger partial charge in [0.25, 0.3) is 0 Å². The van der Waals surface area contributed by atoms with E-state index in [-0.39, 0.29) is 35.5 Å². The van der Waals surface area contributed by atoms with Crippen LogP contribution < -0.4 is 14.8 Å². The number of alkyl carbamates (subject to hydrolysis) is 1. The Hall–Kier alpha value is -2.99. The molecule has 0 saturated carbocycles. The molecule has 0 aromatic heterocycles. The van der Waals surface area contributed by atoms with E-state index in [1.165, 1.54) is 26.2 Å². The molecule has 1 aliphatic rings. The lowest BCUT2D eigenvalue weighted by atomic mass is 9.87. The second kappa shape index (κ2) is 15.9. The van der Waals surface area contributed by atoms with E-state index < -0.39 is 34.3 Å². The fraction of sp³-hybridized carbons (Fsp3) is 0.533. The normalized spacial score (nSPS) is 18.2. The minimum absolute atomic E-state index is 0.0143. The van der Waals surface area contributed by atoms with Crippen LogP contribution in [0.5, 0.6) is 5.75 Å². The van der Waals surface area contributed by atoms with E-state index in [0.717, 1.165) is 5.56 Å². The summed E-state index contributed by atoms with van der Waals surface area (Å²) in [6.07, 6.45) is 0.266. The van der Waals surface area contributed by atoms with Crippen LogP contribution in [0.4, 0.5) is 4.79 Å². The van der Waals surface area contributed by atoms with Gasteiger partial charge in [-0.25, -0.2) is 17.9 Å². The van der Waals surface area contributed by atoms with Gasteiger partial charge in [0.15, 0.2) is 0 Å². The van der Waals surface area contributed by atoms with Crippen LogP contribution in [0.1, 0.15) is 51.5 Å². The third-order valence-corrected chi connectivity index (χ3v) is 8.84. The summed E-state index contributed by atoms with van der Waals surface area (Å²) in [4.78, 5) is 24.6. The minimum Gasteiger partial charge on any atom is -0.497 e. The van der Waals surface area contributed by atoms with Gasteiger partial charge in [-0.05, 0) is 61.9 Å². The molecule has 3 rings (SSSR count). The lowest BCUT2D eigenvalue weighted by molar-refractivity contribution is -0.117. The molecule has 0 spiro atoms. The van der Waals surface area contributed by atoms with Crippen molar-refractivity contribution in [2.24, 2.45) is 5.92 Å². The van der Waals surface area contributed by atoms with Gasteiger partial charge in [0.05, 0.1) is 43.4 Å². The predicted molar refractivity (Wildman–Crippen MR) is 154 cm³/mol. The highest BCUT2D eigenvalue weighted by molar-refractivity contribution is 7.89. The smallest absolute Gasteiger partial charge is 0.407 e. The Morgan fingerprint density at radius 2 is 1.80 bits per heavy atom. The highest BCUT2D eigenvalue weighted by Gasteiger charge is 2.35. The van der Waals surface area contributed by atoms with Gasteiger partial charge in [0.1, 0.15) is 17.6 Å². The van der Waals surface area contributed by atoms with Crippen molar-refractivity contribution < 1.29 is 37.3 Å². The van der Waals surface area contributed by atoms with Gasteiger partial charge in [0.2, 0.25) is 10.0 Å². The number of nitrogens with one attached hydrogen (secondary N) is 2. The highest BCUT2D eigenvalue weighted by Crippen LogP contribution is 2.24. The fourth-order valence-electron chi connectivity index (χ4n) is 4.88. The fourth-order valence-corrected chi connectivity index (χ4v) is 6.15. The maximum absolute atomic E-state index is 13.5. The molecule has 3 N–H and O–H groups in total. The van der Waals surface area contributed by atoms with Gasteiger partial charge in [-0.3, -0.25) is 0 Å². The third kappa shape index (κ3) is 10.4. The summed E-state index contributed by atoms with van der Waals surface area (Å²) in [5.74, 6) is 0.507. The van der Waals surface area contributed by atoms with Crippen LogP contribution in [0.25, 0.3) is 0 Å². The largest absolute Gasteiger partial charge is 0.497 e. The summed E-state index contributed by atoms with van der Waals surface area (Å²) in [5, 5.41) is 14.5. The average Bonchev–Trinajstić information content (AvgIpc) is 3.47. The Morgan fingerprint density at radius 1 is 1.10 bits per heavy atom. The van der Waals surface area contributed by atoms with E-state index in [2.05, 4.69) is 10.0 Å². The van der Waals surface area contributed by atoms with Crippen LogP contribution in [-0.2, 0) is 30.7 Å². The number of hydrogen-bond acceptors (Lipinski definition) is 8. The topological polar surface area (TPSA) is 140 Å². The number of Topliss-reactive ketones (excluding diaryl/α,β-unsaturated/α-hetero) is 1. The Labute approximate surface area is 242 Å². The van der Waals surface area contributed by atoms with Crippen molar-refractivity contribution in [1.29, 1.82) is 0 Å². The molecule has 41 heavy (non-hydrogen) atoms. The first-order valence-corrected chi connectivity index (χ1v) is 15.5. The molecule has 1 fully saturated rings. The number of methoxy groups -OCH3 is 1. The van der Waals surface area contributed by atoms with Gasteiger partial charge >= 0.3 is 6.09 Å². The summed E-state index contributed by atoms with van der Waals surface area (Å²) < 4.78 is 45.6. The Morgan fingerprint density at radius 3 is 2.39 bits per heavy atom. The summed E-state index contributed by atoms with van der Waals surface area (Å²) in [5.41, 5.74) is 0.849. The van der Waals surface area contributed by atoms with Crippen LogP contribution in [0.2, 0.25) is 0 Å². The standard InChI is InChI=1S/C30H42N2O8S/c1-4-22(11-10-21(2)33)18-28(32-41(36,37)26-14-12-24(38-3)13-15-26)29(34)27(19-23-8-6-5-7-9-23)31-30(35)40-25-16-17-39-20-25/h5-9,12-15,22,25,27-29,32,34H,4,10-11,16-20H2,1-3H3,(H,31,35)/t22?,25-,27-,28?,29+/m0/s1. The maximum atomic E-state index is 13.5. The monoisotopic (exact) mass is 590 g/mol. The molecule has 2 aromatic carbocycles. The van der Waals surface area contributed by atoms with E-state index in [9.17, 15) is 23.1 Å². The number of carbonyl (C=O) groups is 2. The number of rotatable bonds is 16. The first-order valence-electron chi connectivity index (χ1n) is 14.0. The quantitative estimate of drug-likeness (QED) is 0.269. The van der Waals surface area contributed by atoms with E-state index >= 15 is 0 Å².